The maximum atomic E-state index is 12.6. The molecule has 1 amide bonds. The fourth-order valence-corrected chi connectivity index (χ4v) is 3.81. The lowest BCUT2D eigenvalue weighted by Crippen LogP contribution is -2.13. The average Bonchev–Trinajstić information content (AvgIpc) is 2.99. The molecule has 0 unspecified atom stereocenters. The molecule has 0 fully saturated rings. The van der Waals surface area contributed by atoms with Crippen LogP contribution in [0.15, 0.2) is 58.6 Å². The number of carbonyl (C=O) groups excluding carboxylic acids is 1. The second-order valence-corrected chi connectivity index (χ2v) is 8.09. The monoisotopic (exact) mass is 497 g/mol. The Labute approximate surface area is 192 Å². The van der Waals surface area contributed by atoms with Crippen LogP contribution in [0, 0.1) is 25.2 Å². The second kappa shape index (κ2) is 9.21. The van der Waals surface area contributed by atoms with E-state index in [0.717, 1.165) is 15.9 Å². The first kappa shape index (κ1) is 22.3. The van der Waals surface area contributed by atoms with Crippen LogP contribution in [0.2, 0.25) is 5.02 Å². The van der Waals surface area contributed by atoms with Crippen molar-refractivity contribution in [1.82, 2.24) is 4.57 Å². The summed E-state index contributed by atoms with van der Waals surface area (Å²) in [6.45, 7) is 3.68. The number of nitrogens with zero attached hydrogens (tertiary/aromatic N) is 2. The van der Waals surface area contributed by atoms with E-state index in [1.165, 1.54) is 18.2 Å². The van der Waals surface area contributed by atoms with Crippen molar-refractivity contribution in [3.8, 4) is 11.8 Å². The minimum atomic E-state index is -1.12. The number of carboxylic acid groups (broad SMARTS) is 1. The number of benzene rings is 2. The maximum Gasteiger partial charge on any atom is 0.337 e. The number of rotatable bonds is 5. The van der Waals surface area contributed by atoms with Crippen LogP contribution in [-0.4, -0.2) is 21.6 Å². The van der Waals surface area contributed by atoms with E-state index in [-0.39, 0.29) is 16.2 Å². The van der Waals surface area contributed by atoms with E-state index < -0.39 is 11.9 Å². The van der Waals surface area contributed by atoms with Crippen LogP contribution < -0.4 is 5.32 Å². The van der Waals surface area contributed by atoms with Gasteiger partial charge in [-0.1, -0.05) is 33.6 Å². The van der Waals surface area contributed by atoms with Crippen LogP contribution in [-0.2, 0) is 4.79 Å². The number of aryl methyl sites for hydroxylation is 1. The molecule has 8 heteroatoms. The van der Waals surface area contributed by atoms with Crippen molar-refractivity contribution in [2.24, 2.45) is 0 Å². The number of hydrogen-bond acceptors (Lipinski definition) is 3. The first-order valence-corrected chi connectivity index (χ1v) is 10.3. The van der Waals surface area contributed by atoms with Gasteiger partial charge in [-0.2, -0.15) is 5.26 Å². The molecule has 0 saturated heterocycles. The van der Waals surface area contributed by atoms with Crippen LogP contribution in [0.5, 0.6) is 0 Å². The topological polar surface area (TPSA) is 95.1 Å². The zero-order valence-electron chi connectivity index (χ0n) is 16.6. The van der Waals surface area contributed by atoms with Gasteiger partial charge in [-0.3, -0.25) is 4.79 Å². The Kier molecular flexibility index (Phi) is 6.64. The van der Waals surface area contributed by atoms with Crippen LogP contribution in [0.4, 0.5) is 5.69 Å². The number of anilines is 1. The molecule has 0 atom stereocenters. The molecule has 0 aliphatic heterocycles. The van der Waals surface area contributed by atoms with Crippen molar-refractivity contribution in [1.29, 1.82) is 5.26 Å². The molecule has 2 N–H and O–H groups in total. The molecular weight excluding hydrogens is 482 g/mol. The van der Waals surface area contributed by atoms with Gasteiger partial charge in [-0.05, 0) is 68.0 Å². The highest BCUT2D eigenvalue weighted by Crippen LogP contribution is 2.26. The summed E-state index contributed by atoms with van der Waals surface area (Å²) in [7, 11) is 0. The molecule has 0 aliphatic carbocycles. The zero-order valence-corrected chi connectivity index (χ0v) is 19.0. The van der Waals surface area contributed by atoms with Gasteiger partial charge in [0.1, 0.15) is 11.6 Å². The molecule has 2 aromatic carbocycles. The molecule has 3 aromatic rings. The third-order valence-electron chi connectivity index (χ3n) is 4.66. The summed E-state index contributed by atoms with van der Waals surface area (Å²) >= 11 is 9.32. The van der Waals surface area contributed by atoms with Gasteiger partial charge in [0.25, 0.3) is 5.91 Å². The molecule has 0 bridgehead atoms. The van der Waals surface area contributed by atoms with Gasteiger partial charge in [0.2, 0.25) is 0 Å². The highest BCUT2D eigenvalue weighted by Gasteiger charge is 2.16. The number of carbonyl (C=O) groups is 2. The van der Waals surface area contributed by atoms with E-state index >= 15 is 0 Å². The molecule has 0 spiro atoms. The summed E-state index contributed by atoms with van der Waals surface area (Å²) in [4.78, 5) is 24.0. The smallest absolute Gasteiger partial charge is 0.337 e. The molecule has 1 aromatic heterocycles. The highest BCUT2D eigenvalue weighted by atomic mass is 79.9. The molecule has 1 heterocycles. The molecule has 6 nitrogen and oxygen atoms in total. The van der Waals surface area contributed by atoms with E-state index in [9.17, 15) is 20.0 Å². The lowest BCUT2D eigenvalue weighted by Gasteiger charge is -2.11. The quantitative estimate of drug-likeness (QED) is 0.346. The normalized spacial score (nSPS) is 11.1. The first-order valence-electron chi connectivity index (χ1n) is 9.12. The van der Waals surface area contributed by atoms with Gasteiger partial charge in [0, 0.05) is 27.2 Å². The predicted octanol–water partition coefficient (Wildman–Crippen LogP) is 5.75. The Balaban J connectivity index is 1.98. The molecular formula is C23H17BrClN3O3. The van der Waals surface area contributed by atoms with E-state index in [2.05, 4.69) is 21.2 Å². The molecule has 156 valence electrons. The number of aromatic carboxylic acids is 1. The summed E-state index contributed by atoms with van der Waals surface area (Å²) in [5.41, 5.74) is 3.36. The zero-order chi connectivity index (χ0) is 22.7. The van der Waals surface area contributed by atoms with E-state index in [1.54, 1.807) is 24.3 Å². The maximum absolute atomic E-state index is 12.6. The van der Waals surface area contributed by atoms with Crippen molar-refractivity contribution in [2.75, 3.05) is 5.32 Å². The second-order valence-electron chi connectivity index (χ2n) is 6.77. The Bertz CT molecular complexity index is 1270. The third-order valence-corrected chi connectivity index (χ3v) is 5.48. The number of nitrogens with one attached hydrogen (secondary N) is 1. The molecule has 0 aliphatic rings. The van der Waals surface area contributed by atoms with Crippen molar-refractivity contribution in [3.05, 3.63) is 86.1 Å². The SMILES string of the molecule is Cc1cc(C=C(C#N)C(=O)Nc2cccc(Br)c2)c(C)n1-c1ccc(Cl)c(C(=O)O)c1. The summed E-state index contributed by atoms with van der Waals surface area (Å²) < 4.78 is 2.65. The van der Waals surface area contributed by atoms with Gasteiger partial charge in [-0.15, -0.1) is 0 Å². The van der Waals surface area contributed by atoms with Crippen molar-refractivity contribution in [2.45, 2.75) is 13.8 Å². The van der Waals surface area contributed by atoms with E-state index in [4.69, 9.17) is 11.6 Å². The minimum Gasteiger partial charge on any atom is -0.478 e. The molecule has 3 rings (SSSR count). The number of amides is 1. The fraction of sp³-hybridized carbons (Fsp3) is 0.0870. The van der Waals surface area contributed by atoms with Gasteiger partial charge in [-0.25, -0.2) is 4.79 Å². The van der Waals surface area contributed by atoms with Crippen molar-refractivity contribution < 1.29 is 14.7 Å². The van der Waals surface area contributed by atoms with Crippen molar-refractivity contribution >= 4 is 51.2 Å². The van der Waals surface area contributed by atoms with Crippen LogP contribution in [0.3, 0.4) is 0 Å². The highest BCUT2D eigenvalue weighted by molar-refractivity contribution is 9.10. The Morgan fingerprint density at radius 3 is 2.58 bits per heavy atom. The van der Waals surface area contributed by atoms with Gasteiger partial charge in [0.15, 0.2) is 0 Å². The van der Waals surface area contributed by atoms with Crippen LogP contribution >= 0.6 is 27.5 Å². The standard InChI is InChI=1S/C23H17BrClN3O3/c1-13-8-15(9-16(12-26)22(29)27-18-5-3-4-17(24)10-18)14(2)28(13)19-6-7-21(25)20(11-19)23(30)31/h3-11H,1-2H3,(H,27,29)(H,30,31). The number of nitriles is 1. The average molecular weight is 499 g/mol. The Morgan fingerprint density at radius 2 is 1.94 bits per heavy atom. The van der Waals surface area contributed by atoms with Gasteiger partial charge in [0.05, 0.1) is 10.6 Å². The first-order chi connectivity index (χ1) is 14.7. The van der Waals surface area contributed by atoms with Crippen LogP contribution in [0.25, 0.3) is 11.8 Å². The Hall–Kier alpha value is -3.34. The van der Waals surface area contributed by atoms with Gasteiger partial charge >= 0.3 is 5.97 Å². The largest absolute Gasteiger partial charge is 0.478 e. The van der Waals surface area contributed by atoms with Crippen molar-refractivity contribution in [3.63, 3.8) is 0 Å². The summed E-state index contributed by atoms with van der Waals surface area (Å²) in [5, 5.41) is 21.7. The van der Waals surface area contributed by atoms with Gasteiger partial charge < -0.3 is 15.0 Å². The number of halogens is 2. The number of carboxylic acids is 1. The third kappa shape index (κ3) is 4.88. The number of hydrogen-bond donors (Lipinski definition) is 2. The molecule has 0 saturated carbocycles. The Morgan fingerprint density at radius 1 is 1.19 bits per heavy atom. The lowest BCUT2D eigenvalue weighted by atomic mass is 10.1. The lowest BCUT2D eigenvalue weighted by molar-refractivity contribution is -0.112. The summed E-state index contributed by atoms with van der Waals surface area (Å²) in [5.74, 6) is -1.64. The van der Waals surface area contributed by atoms with E-state index in [1.807, 2.05) is 36.6 Å². The fourth-order valence-electron chi connectivity index (χ4n) is 3.22. The summed E-state index contributed by atoms with van der Waals surface area (Å²) in [6.07, 6.45) is 1.51. The minimum absolute atomic E-state index is 0.00475. The molecule has 0 radical (unpaired) electrons. The summed E-state index contributed by atoms with van der Waals surface area (Å²) in [6, 6.07) is 15.6. The van der Waals surface area contributed by atoms with E-state index in [0.29, 0.717) is 16.9 Å². The molecule has 31 heavy (non-hydrogen) atoms. The van der Waals surface area contributed by atoms with Crippen LogP contribution in [0.1, 0.15) is 27.3 Å². The number of aromatic nitrogens is 1. The predicted molar refractivity (Wildman–Crippen MR) is 124 cm³/mol.